The van der Waals surface area contributed by atoms with E-state index in [2.05, 4.69) is 32.7 Å². The minimum atomic E-state index is -0.463. The third-order valence-electron chi connectivity index (χ3n) is 3.62. The fourth-order valence-corrected chi connectivity index (χ4v) is 2.97. The van der Waals surface area contributed by atoms with Gasteiger partial charge in [-0.25, -0.2) is 9.78 Å². The predicted octanol–water partition coefficient (Wildman–Crippen LogP) is 3.60. The van der Waals surface area contributed by atoms with Gasteiger partial charge >= 0.3 is 6.09 Å². The van der Waals surface area contributed by atoms with E-state index in [0.717, 1.165) is 28.9 Å². The number of amides is 1. The van der Waals surface area contributed by atoms with Gasteiger partial charge in [-0.1, -0.05) is 0 Å². The van der Waals surface area contributed by atoms with Gasteiger partial charge in [-0.15, -0.1) is 0 Å². The minimum Gasteiger partial charge on any atom is -0.444 e. The van der Waals surface area contributed by atoms with Gasteiger partial charge in [0.25, 0.3) is 0 Å². The van der Waals surface area contributed by atoms with Crippen molar-refractivity contribution in [3.8, 4) is 0 Å². The second-order valence-corrected chi connectivity index (χ2v) is 7.53. The lowest BCUT2D eigenvalue weighted by Crippen LogP contribution is -2.55. The molecule has 2 heterocycles. The molecule has 0 aromatic carbocycles. The molecule has 1 aromatic heterocycles. The second-order valence-electron chi connectivity index (χ2n) is 6.73. The molecule has 1 saturated heterocycles. The SMILES string of the molecule is Cc1ccnc(N2CCN(C(=O)OC(C)(C)C)[C@H](C)C2)c1Br. The zero-order chi connectivity index (χ0) is 16.5. The van der Waals surface area contributed by atoms with Gasteiger partial charge in [0.05, 0.1) is 4.47 Å². The van der Waals surface area contributed by atoms with Gasteiger partial charge in [0.15, 0.2) is 0 Å². The molecule has 122 valence electrons. The second kappa shape index (κ2) is 6.44. The number of ether oxygens (including phenoxy) is 1. The number of carbonyl (C=O) groups excluding carboxylic acids is 1. The molecule has 0 bridgehead atoms. The average molecular weight is 370 g/mol. The van der Waals surface area contributed by atoms with E-state index in [1.807, 2.05) is 40.0 Å². The minimum absolute atomic E-state index is 0.0813. The first kappa shape index (κ1) is 17.1. The van der Waals surface area contributed by atoms with E-state index in [1.54, 1.807) is 4.90 Å². The van der Waals surface area contributed by atoms with Crippen LogP contribution in [0.2, 0.25) is 0 Å². The van der Waals surface area contributed by atoms with Gasteiger partial charge in [0.2, 0.25) is 0 Å². The quantitative estimate of drug-likeness (QED) is 0.758. The third kappa shape index (κ3) is 3.91. The van der Waals surface area contributed by atoms with Crippen LogP contribution in [0.4, 0.5) is 10.6 Å². The molecule has 0 aliphatic carbocycles. The molecule has 22 heavy (non-hydrogen) atoms. The van der Waals surface area contributed by atoms with Crippen LogP contribution in [-0.4, -0.2) is 47.3 Å². The number of hydrogen-bond donors (Lipinski definition) is 0. The van der Waals surface area contributed by atoms with Gasteiger partial charge in [0, 0.05) is 31.9 Å². The summed E-state index contributed by atoms with van der Waals surface area (Å²) in [6.45, 7) is 11.9. The van der Waals surface area contributed by atoms with E-state index in [4.69, 9.17) is 4.74 Å². The fourth-order valence-electron chi connectivity index (χ4n) is 2.49. The van der Waals surface area contributed by atoms with Gasteiger partial charge in [-0.2, -0.15) is 0 Å². The van der Waals surface area contributed by atoms with Crippen molar-refractivity contribution in [1.29, 1.82) is 0 Å². The summed E-state index contributed by atoms with van der Waals surface area (Å²) in [6.07, 6.45) is 1.58. The van der Waals surface area contributed by atoms with Gasteiger partial charge in [-0.05, 0) is 62.2 Å². The van der Waals surface area contributed by atoms with E-state index in [1.165, 1.54) is 0 Å². The summed E-state index contributed by atoms with van der Waals surface area (Å²) in [5, 5.41) is 0. The average Bonchev–Trinajstić information content (AvgIpc) is 2.39. The number of pyridine rings is 1. The molecule has 1 aliphatic rings. The Labute approximate surface area is 140 Å². The Hall–Kier alpha value is -1.30. The topological polar surface area (TPSA) is 45.7 Å². The van der Waals surface area contributed by atoms with Crippen LogP contribution in [0, 0.1) is 6.92 Å². The summed E-state index contributed by atoms with van der Waals surface area (Å²) in [7, 11) is 0. The maximum Gasteiger partial charge on any atom is 0.410 e. The van der Waals surface area contributed by atoms with Crippen molar-refractivity contribution in [1.82, 2.24) is 9.88 Å². The predicted molar refractivity (Wildman–Crippen MR) is 91.3 cm³/mol. The van der Waals surface area contributed by atoms with Crippen molar-refractivity contribution >= 4 is 27.8 Å². The van der Waals surface area contributed by atoms with Crippen molar-refractivity contribution in [3.05, 3.63) is 22.3 Å². The third-order valence-corrected chi connectivity index (χ3v) is 4.60. The first-order valence-corrected chi connectivity index (χ1v) is 8.34. The standard InChI is InChI=1S/C16H24BrN3O2/c1-11-6-7-18-14(13(11)17)19-8-9-20(12(2)10-19)15(21)22-16(3,4)5/h6-7,12H,8-10H2,1-5H3/t12-/m1/s1. The highest BCUT2D eigenvalue weighted by atomic mass is 79.9. The van der Waals surface area contributed by atoms with Gasteiger partial charge in [0.1, 0.15) is 11.4 Å². The fraction of sp³-hybridized carbons (Fsp3) is 0.625. The monoisotopic (exact) mass is 369 g/mol. The number of aryl methyl sites for hydroxylation is 1. The van der Waals surface area contributed by atoms with Crippen molar-refractivity contribution < 1.29 is 9.53 Å². The number of nitrogens with zero attached hydrogens (tertiary/aromatic N) is 3. The highest BCUT2D eigenvalue weighted by Crippen LogP contribution is 2.28. The molecule has 0 radical (unpaired) electrons. The molecule has 1 aliphatic heterocycles. The van der Waals surface area contributed by atoms with E-state index >= 15 is 0 Å². The molecule has 0 spiro atoms. The zero-order valence-electron chi connectivity index (χ0n) is 13.9. The summed E-state index contributed by atoms with van der Waals surface area (Å²) < 4.78 is 6.50. The number of rotatable bonds is 1. The van der Waals surface area contributed by atoms with E-state index < -0.39 is 5.60 Å². The van der Waals surface area contributed by atoms with Crippen LogP contribution in [0.3, 0.4) is 0 Å². The zero-order valence-corrected chi connectivity index (χ0v) is 15.5. The highest BCUT2D eigenvalue weighted by Gasteiger charge is 2.31. The number of piperazine rings is 1. The molecule has 1 amide bonds. The molecule has 1 atom stereocenters. The maximum absolute atomic E-state index is 12.2. The molecule has 6 heteroatoms. The molecule has 0 unspecified atom stereocenters. The van der Waals surface area contributed by atoms with Crippen molar-refractivity contribution in [2.45, 2.75) is 46.3 Å². The first-order valence-electron chi connectivity index (χ1n) is 7.54. The molecule has 1 aromatic rings. The van der Waals surface area contributed by atoms with Crippen LogP contribution in [0.1, 0.15) is 33.3 Å². The van der Waals surface area contributed by atoms with Crippen molar-refractivity contribution in [2.75, 3.05) is 24.5 Å². The Bertz CT molecular complexity index is 557. The summed E-state index contributed by atoms with van der Waals surface area (Å²) in [5.74, 6) is 0.940. The van der Waals surface area contributed by atoms with Crippen LogP contribution in [0.15, 0.2) is 16.7 Å². The van der Waals surface area contributed by atoms with Crippen LogP contribution in [0.25, 0.3) is 0 Å². The largest absolute Gasteiger partial charge is 0.444 e. The van der Waals surface area contributed by atoms with Gasteiger partial charge < -0.3 is 14.5 Å². The summed E-state index contributed by atoms with van der Waals surface area (Å²) >= 11 is 3.61. The molecular weight excluding hydrogens is 346 g/mol. The summed E-state index contributed by atoms with van der Waals surface area (Å²) in [6, 6.07) is 2.06. The Kier molecular flexibility index (Phi) is 5.00. The van der Waals surface area contributed by atoms with Crippen LogP contribution in [0.5, 0.6) is 0 Å². The normalized spacial score (nSPS) is 19.3. The van der Waals surface area contributed by atoms with Crippen LogP contribution < -0.4 is 4.90 Å². The molecule has 0 N–H and O–H groups in total. The van der Waals surface area contributed by atoms with E-state index in [9.17, 15) is 4.79 Å². The van der Waals surface area contributed by atoms with Crippen LogP contribution in [-0.2, 0) is 4.74 Å². The first-order chi connectivity index (χ1) is 10.2. The van der Waals surface area contributed by atoms with Crippen molar-refractivity contribution in [3.63, 3.8) is 0 Å². The Morgan fingerprint density at radius 3 is 2.68 bits per heavy atom. The summed E-state index contributed by atoms with van der Waals surface area (Å²) in [4.78, 5) is 20.7. The molecule has 5 nitrogen and oxygen atoms in total. The molecular formula is C16H24BrN3O2. The lowest BCUT2D eigenvalue weighted by atomic mass is 10.2. The molecule has 2 rings (SSSR count). The number of anilines is 1. The van der Waals surface area contributed by atoms with Gasteiger partial charge in [-0.3, -0.25) is 0 Å². The Morgan fingerprint density at radius 1 is 1.41 bits per heavy atom. The Morgan fingerprint density at radius 2 is 2.09 bits per heavy atom. The lowest BCUT2D eigenvalue weighted by Gasteiger charge is -2.41. The molecule has 1 fully saturated rings. The van der Waals surface area contributed by atoms with Crippen molar-refractivity contribution in [2.24, 2.45) is 0 Å². The number of hydrogen-bond acceptors (Lipinski definition) is 4. The number of aromatic nitrogens is 1. The smallest absolute Gasteiger partial charge is 0.410 e. The van der Waals surface area contributed by atoms with Crippen LogP contribution >= 0.6 is 15.9 Å². The molecule has 0 saturated carbocycles. The summed E-state index contributed by atoms with van der Waals surface area (Å²) in [5.41, 5.74) is 0.696. The Balaban J connectivity index is 2.07. The number of carbonyl (C=O) groups is 1. The van der Waals surface area contributed by atoms with E-state index in [-0.39, 0.29) is 12.1 Å². The highest BCUT2D eigenvalue weighted by molar-refractivity contribution is 9.10. The number of halogens is 1. The maximum atomic E-state index is 12.2. The lowest BCUT2D eigenvalue weighted by molar-refractivity contribution is 0.0158. The van der Waals surface area contributed by atoms with E-state index in [0.29, 0.717) is 6.54 Å².